The summed E-state index contributed by atoms with van der Waals surface area (Å²) in [7, 11) is 5.49. The Hall–Kier alpha value is -4.26. The van der Waals surface area contributed by atoms with Gasteiger partial charge in [-0.3, -0.25) is 9.59 Å². The van der Waals surface area contributed by atoms with Crippen molar-refractivity contribution in [3.8, 4) is 11.5 Å². The van der Waals surface area contributed by atoms with Gasteiger partial charge in [0.1, 0.15) is 17.3 Å². The number of ether oxygens (including phenoxy) is 2. The van der Waals surface area contributed by atoms with E-state index in [1.54, 1.807) is 13.2 Å². The second-order valence-electron chi connectivity index (χ2n) is 10.1. The monoisotopic (exact) mass is 528 g/mol. The number of carbonyl (C=O) groups excluding carboxylic acids is 2. The molecule has 1 saturated heterocycles. The Morgan fingerprint density at radius 2 is 1.67 bits per heavy atom. The lowest BCUT2D eigenvalue weighted by molar-refractivity contribution is -0.140. The molecule has 3 aromatic rings. The standard InChI is InChI=1S/C32H36N2O5/c1-7-39-27-17-12-23(18-26(27)20(2)3)30(35)28-29(22-10-13-24(14-11-22)33(4)5)34(32(37)31(28)36)19-21-8-15-25(38-6)16-9-21/h8-18,20,29,35H,7,19H2,1-6H3/b30-28-. The zero-order valence-electron chi connectivity index (χ0n) is 23.4. The topological polar surface area (TPSA) is 79.3 Å². The molecule has 1 unspecified atom stereocenters. The van der Waals surface area contributed by atoms with E-state index in [1.165, 1.54) is 4.90 Å². The Labute approximate surface area is 230 Å². The number of ketones is 1. The highest BCUT2D eigenvalue weighted by atomic mass is 16.5. The minimum absolute atomic E-state index is 0.0741. The van der Waals surface area contributed by atoms with Crippen LogP contribution < -0.4 is 14.4 Å². The van der Waals surface area contributed by atoms with Gasteiger partial charge in [-0.25, -0.2) is 0 Å². The molecule has 0 aromatic heterocycles. The Morgan fingerprint density at radius 3 is 2.23 bits per heavy atom. The minimum atomic E-state index is -0.752. The Bertz CT molecular complexity index is 1370. The zero-order chi connectivity index (χ0) is 28.3. The Kier molecular flexibility index (Phi) is 8.29. The van der Waals surface area contributed by atoms with Crippen LogP contribution >= 0.6 is 0 Å². The number of methoxy groups -OCH3 is 1. The van der Waals surface area contributed by atoms with Gasteiger partial charge in [0.25, 0.3) is 11.7 Å². The summed E-state index contributed by atoms with van der Waals surface area (Å²) in [5.74, 6) is 0.0167. The average molecular weight is 529 g/mol. The third-order valence-corrected chi connectivity index (χ3v) is 6.98. The first-order valence-corrected chi connectivity index (χ1v) is 13.1. The number of benzene rings is 3. The molecule has 7 nitrogen and oxygen atoms in total. The molecular formula is C32H36N2O5. The molecule has 7 heteroatoms. The summed E-state index contributed by atoms with van der Waals surface area (Å²) in [6.07, 6.45) is 0. The van der Waals surface area contributed by atoms with Gasteiger partial charge in [-0.2, -0.15) is 0 Å². The number of Topliss-reactive ketones (excluding diaryl/α,β-unsaturated/α-hetero) is 1. The fraction of sp³-hybridized carbons (Fsp3) is 0.312. The van der Waals surface area contributed by atoms with Gasteiger partial charge in [-0.05, 0) is 72.0 Å². The van der Waals surface area contributed by atoms with Gasteiger partial charge < -0.3 is 24.4 Å². The van der Waals surface area contributed by atoms with E-state index < -0.39 is 17.7 Å². The van der Waals surface area contributed by atoms with Crippen LogP contribution in [0, 0.1) is 0 Å². The van der Waals surface area contributed by atoms with Crippen molar-refractivity contribution in [3.05, 3.63) is 94.6 Å². The van der Waals surface area contributed by atoms with E-state index >= 15 is 0 Å². The second kappa shape index (κ2) is 11.6. The highest BCUT2D eigenvalue weighted by Gasteiger charge is 2.46. The molecule has 3 aromatic carbocycles. The van der Waals surface area contributed by atoms with Gasteiger partial charge in [-0.15, -0.1) is 0 Å². The first-order chi connectivity index (χ1) is 18.7. The zero-order valence-corrected chi connectivity index (χ0v) is 23.4. The van der Waals surface area contributed by atoms with E-state index in [0.717, 1.165) is 28.1 Å². The number of rotatable bonds is 9. The second-order valence-corrected chi connectivity index (χ2v) is 10.1. The fourth-order valence-electron chi connectivity index (χ4n) is 4.86. The fourth-order valence-corrected chi connectivity index (χ4v) is 4.86. The predicted molar refractivity (Wildman–Crippen MR) is 153 cm³/mol. The molecule has 1 aliphatic rings. The van der Waals surface area contributed by atoms with Crippen LogP contribution in [0.3, 0.4) is 0 Å². The molecule has 0 bridgehead atoms. The van der Waals surface area contributed by atoms with Gasteiger partial charge in [0, 0.05) is 31.9 Å². The van der Waals surface area contributed by atoms with Gasteiger partial charge in [0.15, 0.2) is 0 Å². The first-order valence-electron chi connectivity index (χ1n) is 13.1. The average Bonchev–Trinajstić information content (AvgIpc) is 3.18. The largest absolute Gasteiger partial charge is 0.507 e. The van der Waals surface area contributed by atoms with Crippen molar-refractivity contribution in [1.82, 2.24) is 4.90 Å². The molecule has 1 atom stereocenters. The number of nitrogens with zero attached hydrogens (tertiary/aromatic N) is 2. The van der Waals surface area contributed by atoms with Crippen LogP contribution in [0.25, 0.3) is 5.76 Å². The molecule has 4 rings (SSSR count). The maximum Gasteiger partial charge on any atom is 0.295 e. The lowest BCUT2D eigenvalue weighted by Crippen LogP contribution is -2.29. The SMILES string of the molecule is CCOc1ccc(/C(O)=C2/C(=O)C(=O)N(Cc3ccc(OC)cc3)C2c2ccc(N(C)C)cc2)cc1C(C)C. The highest BCUT2D eigenvalue weighted by molar-refractivity contribution is 6.46. The molecular weight excluding hydrogens is 492 g/mol. The third kappa shape index (κ3) is 5.62. The normalized spacial score (nSPS) is 16.6. The first kappa shape index (κ1) is 27.8. The molecule has 1 heterocycles. The van der Waals surface area contributed by atoms with Crippen molar-refractivity contribution in [3.63, 3.8) is 0 Å². The van der Waals surface area contributed by atoms with E-state index in [0.29, 0.717) is 17.9 Å². The van der Waals surface area contributed by atoms with Gasteiger partial charge in [0.2, 0.25) is 0 Å². The number of hydrogen-bond donors (Lipinski definition) is 1. The lowest BCUT2D eigenvalue weighted by Gasteiger charge is -2.26. The van der Waals surface area contributed by atoms with Crippen molar-refractivity contribution < 1.29 is 24.2 Å². The number of anilines is 1. The van der Waals surface area contributed by atoms with Crippen LogP contribution in [0.15, 0.2) is 72.3 Å². The molecule has 0 radical (unpaired) electrons. The summed E-state index contributed by atoms with van der Waals surface area (Å²) in [5.41, 5.74) is 4.03. The summed E-state index contributed by atoms with van der Waals surface area (Å²) in [6.45, 7) is 6.73. The van der Waals surface area contributed by atoms with Crippen molar-refractivity contribution in [1.29, 1.82) is 0 Å². The van der Waals surface area contributed by atoms with Crippen molar-refractivity contribution in [2.75, 3.05) is 32.7 Å². The van der Waals surface area contributed by atoms with Crippen LogP contribution in [0.5, 0.6) is 11.5 Å². The van der Waals surface area contributed by atoms with Crippen LogP contribution in [0.2, 0.25) is 0 Å². The molecule has 1 amide bonds. The lowest BCUT2D eigenvalue weighted by atomic mass is 9.93. The summed E-state index contributed by atoms with van der Waals surface area (Å²) in [6, 6.07) is 19.7. The molecule has 0 spiro atoms. The third-order valence-electron chi connectivity index (χ3n) is 6.98. The van der Waals surface area contributed by atoms with Crippen LogP contribution in [-0.2, 0) is 16.1 Å². The van der Waals surface area contributed by atoms with Crippen LogP contribution in [0.1, 0.15) is 55.0 Å². The Balaban J connectivity index is 1.85. The van der Waals surface area contributed by atoms with E-state index in [1.807, 2.05) is 100 Å². The summed E-state index contributed by atoms with van der Waals surface area (Å²) in [4.78, 5) is 30.4. The molecule has 0 aliphatic carbocycles. The van der Waals surface area contributed by atoms with Crippen LogP contribution in [-0.4, -0.2) is 49.5 Å². The maximum atomic E-state index is 13.5. The van der Waals surface area contributed by atoms with Gasteiger partial charge in [0.05, 0.1) is 25.3 Å². The molecule has 1 aliphatic heterocycles. The molecule has 0 saturated carbocycles. The number of hydrogen-bond acceptors (Lipinski definition) is 6. The minimum Gasteiger partial charge on any atom is -0.507 e. The van der Waals surface area contributed by atoms with E-state index in [-0.39, 0.29) is 23.8 Å². The van der Waals surface area contributed by atoms with E-state index in [2.05, 4.69) is 0 Å². The molecule has 204 valence electrons. The molecule has 39 heavy (non-hydrogen) atoms. The number of likely N-dealkylation sites (tertiary alicyclic amines) is 1. The van der Waals surface area contributed by atoms with Crippen LogP contribution in [0.4, 0.5) is 5.69 Å². The number of aliphatic hydroxyl groups is 1. The molecule has 1 fully saturated rings. The quantitative estimate of drug-likeness (QED) is 0.211. The van der Waals surface area contributed by atoms with Gasteiger partial charge in [-0.1, -0.05) is 38.1 Å². The Morgan fingerprint density at radius 1 is 1.00 bits per heavy atom. The molecule has 1 N–H and O–H groups in total. The van der Waals surface area contributed by atoms with E-state index in [9.17, 15) is 14.7 Å². The smallest absolute Gasteiger partial charge is 0.295 e. The summed E-state index contributed by atoms with van der Waals surface area (Å²) >= 11 is 0. The maximum absolute atomic E-state index is 13.5. The predicted octanol–water partition coefficient (Wildman–Crippen LogP) is 5.91. The van der Waals surface area contributed by atoms with Gasteiger partial charge >= 0.3 is 0 Å². The van der Waals surface area contributed by atoms with Crippen molar-refractivity contribution >= 4 is 23.1 Å². The van der Waals surface area contributed by atoms with Crippen molar-refractivity contribution in [2.45, 2.75) is 39.3 Å². The highest BCUT2D eigenvalue weighted by Crippen LogP contribution is 2.41. The number of amides is 1. The summed E-state index contributed by atoms with van der Waals surface area (Å²) < 4.78 is 11.0. The summed E-state index contributed by atoms with van der Waals surface area (Å²) in [5, 5.41) is 11.6. The number of carbonyl (C=O) groups is 2. The number of aliphatic hydroxyl groups excluding tert-OH is 1. The van der Waals surface area contributed by atoms with Crippen molar-refractivity contribution in [2.24, 2.45) is 0 Å². The van der Waals surface area contributed by atoms with E-state index in [4.69, 9.17) is 9.47 Å².